The molecule has 0 atom stereocenters. The summed E-state index contributed by atoms with van der Waals surface area (Å²) in [6.45, 7) is 6.87. The molecule has 0 heterocycles. The first-order chi connectivity index (χ1) is 16.6. The van der Waals surface area contributed by atoms with E-state index in [-0.39, 0.29) is 24.3 Å². The second-order valence-electron chi connectivity index (χ2n) is 10.1. The van der Waals surface area contributed by atoms with Crippen LogP contribution in [0.25, 0.3) is 0 Å². The Morgan fingerprint density at radius 3 is 1.11 bits per heavy atom. The van der Waals surface area contributed by atoms with Crippen molar-refractivity contribution in [1.82, 2.24) is 0 Å². The van der Waals surface area contributed by atoms with Gasteiger partial charge in [-0.05, 0) is 12.8 Å². The molecule has 0 spiro atoms. The average Bonchev–Trinajstić information content (AvgIpc) is 2.82. The Morgan fingerprint density at radius 2 is 0.800 bits per heavy atom. The minimum absolute atomic E-state index is 0. The van der Waals surface area contributed by atoms with Gasteiger partial charge in [-0.1, -0.05) is 117 Å². The van der Waals surface area contributed by atoms with Gasteiger partial charge in [0.2, 0.25) is 0 Å². The molecular formula is C29H58ClNO4. The summed E-state index contributed by atoms with van der Waals surface area (Å²) in [7, 11) is 2.04. The molecule has 0 aliphatic heterocycles. The van der Waals surface area contributed by atoms with Crippen molar-refractivity contribution in [2.75, 3.05) is 33.4 Å². The van der Waals surface area contributed by atoms with Gasteiger partial charge in [-0.25, -0.2) is 0 Å². The molecule has 0 aromatic rings. The van der Waals surface area contributed by atoms with Crippen LogP contribution in [0.5, 0.6) is 0 Å². The number of hydrogen-bond acceptors (Lipinski definition) is 4. The largest absolute Gasteiger partial charge is 1.00 e. The van der Waals surface area contributed by atoms with Gasteiger partial charge in [0.25, 0.3) is 0 Å². The Kier molecular flexibility index (Phi) is 30.6. The van der Waals surface area contributed by atoms with Gasteiger partial charge in [0.15, 0.2) is 0 Å². The van der Waals surface area contributed by atoms with Crippen LogP contribution in [0, 0.1) is 0 Å². The third-order valence-electron chi connectivity index (χ3n) is 6.55. The quantitative estimate of drug-likeness (QED) is 0.140. The van der Waals surface area contributed by atoms with Gasteiger partial charge in [0.05, 0.1) is 7.05 Å². The van der Waals surface area contributed by atoms with E-state index in [9.17, 15) is 9.59 Å². The van der Waals surface area contributed by atoms with Crippen molar-refractivity contribution in [3.05, 3.63) is 0 Å². The first-order valence-corrected chi connectivity index (χ1v) is 14.7. The van der Waals surface area contributed by atoms with Gasteiger partial charge in [-0.3, -0.25) is 9.59 Å². The number of nitrogens with one attached hydrogen (secondary N) is 1. The Balaban J connectivity index is 0. The normalized spacial score (nSPS) is 10.9. The predicted octanol–water partition coefficient (Wildman–Crippen LogP) is 3.43. The molecule has 1 N–H and O–H groups in total. The fraction of sp³-hybridized carbons (Fsp3) is 0.931. The maximum absolute atomic E-state index is 11.9. The molecule has 0 fully saturated rings. The van der Waals surface area contributed by atoms with Crippen LogP contribution in [0.15, 0.2) is 0 Å². The van der Waals surface area contributed by atoms with E-state index in [2.05, 4.69) is 13.8 Å². The molecule has 0 aliphatic rings. The fourth-order valence-electron chi connectivity index (χ4n) is 4.11. The molecule has 6 heteroatoms. The first-order valence-electron chi connectivity index (χ1n) is 14.7. The molecule has 0 rings (SSSR count). The lowest BCUT2D eigenvalue weighted by Crippen LogP contribution is -3.10. The van der Waals surface area contributed by atoms with Crippen LogP contribution < -0.4 is 17.3 Å². The van der Waals surface area contributed by atoms with E-state index in [1.165, 1.54) is 94.8 Å². The number of unbranched alkanes of at least 4 members (excludes halogenated alkanes) is 16. The number of esters is 2. The molecule has 0 unspecified atom stereocenters. The molecule has 0 saturated carbocycles. The highest BCUT2D eigenvalue weighted by molar-refractivity contribution is 5.69. The third kappa shape index (κ3) is 29.3. The van der Waals surface area contributed by atoms with Gasteiger partial charge in [0, 0.05) is 12.8 Å². The van der Waals surface area contributed by atoms with E-state index in [4.69, 9.17) is 9.47 Å². The minimum Gasteiger partial charge on any atom is -1.00 e. The fourth-order valence-corrected chi connectivity index (χ4v) is 4.11. The Morgan fingerprint density at radius 1 is 0.514 bits per heavy atom. The van der Waals surface area contributed by atoms with Crippen molar-refractivity contribution in [1.29, 1.82) is 0 Å². The van der Waals surface area contributed by atoms with E-state index in [0.717, 1.165) is 38.8 Å². The first kappa shape index (κ1) is 36.3. The van der Waals surface area contributed by atoms with Crippen LogP contribution in [0.3, 0.4) is 0 Å². The summed E-state index contributed by atoms with van der Waals surface area (Å²) in [5.74, 6) is -0.161. The molecule has 0 aliphatic carbocycles. The number of carbonyl (C=O) groups excluding carboxylic acids is 2. The monoisotopic (exact) mass is 519 g/mol. The Hall–Kier alpha value is -0.810. The topological polar surface area (TPSA) is 57.0 Å². The zero-order chi connectivity index (χ0) is 25.1. The van der Waals surface area contributed by atoms with E-state index in [1.54, 1.807) is 0 Å². The molecule has 0 saturated heterocycles. The van der Waals surface area contributed by atoms with Crippen LogP contribution >= 0.6 is 0 Å². The second-order valence-corrected chi connectivity index (χ2v) is 10.1. The molecule has 210 valence electrons. The van der Waals surface area contributed by atoms with E-state index in [1.807, 2.05) is 7.05 Å². The maximum atomic E-state index is 11.9. The van der Waals surface area contributed by atoms with Crippen molar-refractivity contribution in [3.8, 4) is 0 Å². The highest BCUT2D eigenvalue weighted by atomic mass is 35.5. The maximum Gasteiger partial charge on any atom is 0.305 e. The lowest BCUT2D eigenvalue weighted by atomic mass is 10.1. The Bertz CT molecular complexity index is 422. The van der Waals surface area contributed by atoms with Crippen molar-refractivity contribution in [2.24, 2.45) is 0 Å². The molecule has 0 aromatic carbocycles. The smallest absolute Gasteiger partial charge is 0.305 e. The highest BCUT2D eigenvalue weighted by Gasteiger charge is 2.08. The van der Waals surface area contributed by atoms with Gasteiger partial charge in [-0.2, -0.15) is 0 Å². The van der Waals surface area contributed by atoms with Crippen LogP contribution in [0.4, 0.5) is 0 Å². The van der Waals surface area contributed by atoms with E-state index < -0.39 is 0 Å². The van der Waals surface area contributed by atoms with Crippen molar-refractivity contribution < 1.29 is 36.4 Å². The lowest BCUT2D eigenvalue weighted by Gasteiger charge is -2.14. The standard InChI is InChI=1S/C29H57NO4.ClH/c1-4-6-8-10-12-14-16-18-20-22-28(31)33-26-24-30(3)25-27-34-29(32)23-21-19-17-15-13-11-9-7-5-2;/h4-27H2,1-3H3;1H. The number of hydrogen-bond donors (Lipinski definition) is 1. The molecule has 0 aromatic heterocycles. The summed E-state index contributed by atoms with van der Waals surface area (Å²) in [5, 5.41) is 0. The summed E-state index contributed by atoms with van der Waals surface area (Å²) in [6, 6.07) is 0. The van der Waals surface area contributed by atoms with Crippen molar-refractivity contribution in [2.45, 2.75) is 142 Å². The summed E-state index contributed by atoms with van der Waals surface area (Å²) in [4.78, 5) is 24.9. The number of rotatable bonds is 26. The summed E-state index contributed by atoms with van der Waals surface area (Å²) in [6.07, 6.45) is 23.6. The molecular weight excluding hydrogens is 462 g/mol. The minimum atomic E-state index is -0.0804. The molecule has 5 nitrogen and oxygen atoms in total. The van der Waals surface area contributed by atoms with E-state index in [0.29, 0.717) is 26.1 Å². The van der Waals surface area contributed by atoms with Gasteiger partial charge < -0.3 is 26.8 Å². The number of ether oxygens (including phenoxy) is 2. The SMILES string of the molecule is CCCCCCCCCCCC(=O)OCC[NH+](C)CCOC(=O)CCCCCCCCCCC.[Cl-]. The summed E-state index contributed by atoms with van der Waals surface area (Å²) >= 11 is 0. The van der Waals surface area contributed by atoms with Crippen molar-refractivity contribution >= 4 is 11.9 Å². The van der Waals surface area contributed by atoms with Crippen LogP contribution in [0.2, 0.25) is 0 Å². The second kappa shape index (κ2) is 29.4. The van der Waals surface area contributed by atoms with Gasteiger partial charge in [0.1, 0.15) is 26.3 Å². The summed E-state index contributed by atoms with van der Waals surface area (Å²) < 4.78 is 10.7. The zero-order valence-electron chi connectivity index (χ0n) is 23.5. The van der Waals surface area contributed by atoms with Gasteiger partial charge >= 0.3 is 11.9 Å². The zero-order valence-corrected chi connectivity index (χ0v) is 24.2. The lowest BCUT2D eigenvalue weighted by molar-refractivity contribution is -0.880. The molecule has 0 radical (unpaired) electrons. The molecule has 0 amide bonds. The predicted molar refractivity (Wildman–Crippen MR) is 142 cm³/mol. The summed E-state index contributed by atoms with van der Waals surface area (Å²) in [5.41, 5.74) is 0. The van der Waals surface area contributed by atoms with Gasteiger partial charge in [-0.15, -0.1) is 0 Å². The van der Waals surface area contributed by atoms with Crippen LogP contribution in [0.1, 0.15) is 142 Å². The van der Waals surface area contributed by atoms with Crippen LogP contribution in [-0.4, -0.2) is 45.3 Å². The van der Waals surface area contributed by atoms with E-state index >= 15 is 0 Å². The highest BCUT2D eigenvalue weighted by Crippen LogP contribution is 2.11. The number of quaternary nitrogens is 1. The molecule has 35 heavy (non-hydrogen) atoms. The van der Waals surface area contributed by atoms with Crippen LogP contribution in [-0.2, 0) is 19.1 Å². The molecule has 0 bridgehead atoms. The third-order valence-corrected chi connectivity index (χ3v) is 6.55. The average molecular weight is 520 g/mol. The van der Waals surface area contributed by atoms with Crippen molar-refractivity contribution in [3.63, 3.8) is 0 Å². The number of halogens is 1. The number of likely N-dealkylation sites (N-methyl/N-ethyl adjacent to an activating group) is 1. The number of carbonyl (C=O) groups is 2. The Labute approximate surface area is 223 Å².